The molecule has 13 heavy (non-hydrogen) atoms. The number of rotatable bonds is 2. The summed E-state index contributed by atoms with van der Waals surface area (Å²) in [4.78, 5) is 0. The lowest BCUT2D eigenvalue weighted by Crippen LogP contribution is -2.47. The summed E-state index contributed by atoms with van der Waals surface area (Å²) in [7, 11) is 0. The van der Waals surface area contributed by atoms with Gasteiger partial charge in [-0.2, -0.15) is 0 Å². The van der Waals surface area contributed by atoms with Gasteiger partial charge in [-0.05, 0) is 24.3 Å². The average Bonchev–Trinajstić information content (AvgIpc) is 2.17. The van der Waals surface area contributed by atoms with Gasteiger partial charge in [-0.25, -0.2) is 0 Å². The molecule has 1 heteroatoms. The van der Waals surface area contributed by atoms with Crippen molar-refractivity contribution in [2.75, 3.05) is 0 Å². The third kappa shape index (κ3) is 1.61. The summed E-state index contributed by atoms with van der Waals surface area (Å²) in [6.07, 6.45) is 2.95. The molecule has 1 fully saturated rings. The second-order valence-corrected chi connectivity index (χ2v) is 4.21. The van der Waals surface area contributed by atoms with E-state index in [9.17, 15) is 5.11 Å². The maximum atomic E-state index is 10.1. The monoisotopic (exact) mass is 176 g/mol. The average molecular weight is 176 g/mol. The molecular weight excluding hydrogens is 160 g/mol. The largest absolute Gasteiger partial charge is 0.389 e. The van der Waals surface area contributed by atoms with Gasteiger partial charge in [-0.3, -0.25) is 0 Å². The Morgan fingerprint density at radius 2 is 2.08 bits per heavy atom. The zero-order chi connectivity index (χ0) is 9.31. The van der Waals surface area contributed by atoms with Crippen molar-refractivity contribution in [3.05, 3.63) is 35.9 Å². The Morgan fingerprint density at radius 3 is 2.54 bits per heavy atom. The highest BCUT2D eigenvalue weighted by molar-refractivity contribution is 5.18. The first-order chi connectivity index (χ1) is 6.21. The third-order valence-corrected chi connectivity index (χ3v) is 3.28. The first kappa shape index (κ1) is 8.76. The molecule has 1 N–H and O–H groups in total. The summed E-state index contributed by atoms with van der Waals surface area (Å²) < 4.78 is 0. The Balaban J connectivity index is 2.06. The van der Waals surface area contributed by atoms with E-state index in [-0.39, 0.29) is 0 Å². The molecule has 1 aromatic carbocycles. The van der Waals surface area contributed by atoms with E-state index in [1.165, 1.54) is 12.0 Å². The van der Waals surface area contributed by atoms with Gasteiger partial charge in [0.2, 0.25) is 0 Å². The Bertz CT molecular complexity index is 280. The number of benzene rings is 1. The van der Waals surface area contributed by atoms with E-state index < -0.39 is 5.60 Å². The minimum absolute atomic E-state index is 0.415. The molecule has 0 saturated heterocycles. The second kappa shape index (κ2) is 3.15. The third-order valence-electron chi connectivity index (χ3n) is 3.28. The van der Waals surface area contributed by atoms with Gasteiger partial charge in [0.25, 0.3) is 0 Å². The van der Waals surface area contributed by atoms with Crippen molar-refractivity contribution in [2.45, 2.75) is 31.8 Å². The van der Waals surface area contributed by atoms with Crippen molar-refractivity contribution in [1.29, 1.82) is 0 Å². The summed E-state index contributed by atoms with van der Waals surface area (Å²) in [6, 6.07) is 10.2. The van der Waals surface area contributed by atoms with Crippen LogP contribution < -0.4 is 0 Å². The highest BCUT2D eigenvalue weighted by Crippen LogP contribution is 2.40. The summed E-state index contributed by atoms with van der Waals surface area (Å²) in [6.45, 7) is 2.13. The van der Waals surface area contributed by atoms with Crippen LogP contribution in [0, 0.1) is 5.92 Å². The lowest BCUT2D eigenvalue weighted by atomic mass is 9.67. The van der Waals surface area contributed by atoms with E-state index in [4.69, 9.17) is 0 Å². The van der Waals surface area contributed by atoms with Gasteiger partial charge < -0.3 is 5.11 Å². The molecule has 2 rings (SSSR count). The van der Waals surface area contributed by atoms with E-state index in [1.54, 1.807) is 0 Å². The molecule has 70 valence electrons. The van der Waals surface area contributed by atoms with Gasteiger partial charge in [0.1, 0.15) is 0 Å². The zero-order valence-electron chi connectivity index (χ0n) is 8.03. The molecule has 0 amide bonds. The number of hydrogen-bond acceptors (Lipinski definition) is 1. The molecule has 2 atom stereocenters. The van der Waals surface area contributed by atoms with Crippen molar-refractivity contribution in [3.8, 4) is 0 Å². The summed E-state index contributed by atoms with van der Waals surface area (Å²) >= 11 is 0. The minimum Gasteiger partial charge on any atom is -0.389 e. The van der Waals surface area contributed by atoms with Crippen LogP contribution in [0.25, 0.3) is 0 Å². The molecule has 0 aliphatic heterocycles. The van der Waals surface area contributed by atoms with Crippen molar-refractivity contribution in [3.63, 3.8) is 0 Å². The Kier molecular flexibility index (Phi) is 2.12. The van der Waals surface area contributed by atoms with Crippen LogP contribution in [-0.4, -0.2) is 10.7 Å². The fraction of sp³-hybridized carbons (Fsp3) is 0.500. The molecule has 1 aliphatic rings. The van der Waals surface area contributed by atoms with Crippen molar-refractivity contribution in [1.82, 2.24) is 0 Å². The molecule has 2 unspecified atom stereocenters. The fourth-order valence-electron chi connectivity index (χ4n) is 1.98. The normalized spacial score (nSPS) is 32.6. The van der Waals surface area contributed by atoms with Crippen LogP contribution in [0.3, 0.4) is 0 Å². The fourth-order valence-corrected chi connectivity index (χ4v) is 1.98. The zero-order valence-corrected chi connectivity index (χ0v) is 8.03. The molecule has 1 aliphatic carbocycles. The van der Waals surface area contributed by atoms with Crippen LogP contribution in [0.4, 0.5) is 0 Å². The van der Waals surface area contributed by atoms with Crippen LogP contribution in [0.2, 0.25) is 0 Å². The predicted octanol–water partition coefficient (Wildman–Crippen LogP) is 2.39. The molecule has 1 nitrogen and oxygen atoms in total. The first-order valence-electron chi connectivity index (χ1n) is 4.97. The van der Waals surface area contributed by atoms with E-state index in [0.29, 0.717) is 5.92 Å². The SMILES string of the molecule is CC1CCC1(O)Cc1ccccc1. The highest BCUT2D eigenvalue weighted by atomic mass is 16.3. The van der Waals surface area contributed by atoms with Crippen LogP contribution in [0.15, 0.2) is 30.3 Å². The Hall–Kier alpha value is -0.820. The van der Waals surface area contributed by atoms with Gasteiger partial charge >= 0.3 is 0 Å². The Labute approximate surface area is 79.4 Å². The van der Waals surface area contributed by atoms with E-state index in [2.05, 4.69) is 19.1 Å². The van der Waals surface area contributed by atoms with Gasteiger partial charge in [0, 0.05) is 6.42 Å². The minimum atomic E-state index is -0.415. The van der Waals surface area contributed by atoms with E-state index in [0.717, 1.165) is 12.8 Å². The highest BCUT2D eigenvalue weighted by Gasteiger charge is 2.41. The number of hydrogen-bond donors (Lipinski definition) is 1. The predicted molar refractivity (Wildman–Crippen MR) is 53.5 cm³/mol. The van der Waals surface area contributed by atoms with Crippen molar-refractivity contribution in [2.24, 2.45) is 5.92 Å². The molecule has 0 aromatic heterocycles. The van der Waals surface area contributed by atoms with Crippen molar-refractivity contribution >= 4 is 0 Å². The molecule has 1 saturated carbocycles. The molecular formula is C12H16O. The van der Waals surface area contributed by atoms with Gasteiger partial charge in [-0.1, -0.05) is 37.3 Å². The standard InChI is InChI=1S/C12H16O/c1-10-7-8-12(10,13)9-11-5-3-2-4-6-11/h2-6,10,13H,7-9H2,1H3. The summed E-state index contributed by atoms with van der Waals surface area (Å²) in [5, 5.41) is 10.1. The van der Waals surface area contributed by atoms with Crippen LogP contribution in [0.1, 0.15) is 25.3 Å². The lowest BCUT2D eigenvalue weighted by molar-refractivity contribution is -0.0851. The first-order valence-corrected chi connectivity index (χ1v) is 4.97. The Morgan fingerprint density at radius 1 is 1.38 bits per heavy atom. The molecule has 0 radical (unpaired) electrons. The van der Waals surface area contributed by atoms with E-state index >= 15 is 0 Å². The smallest absolute Gasteiger partial charge is 0.0713 e. The van der Waals surface area contributed by atoms with Crippen LogP contribution >= 0.6 is 0 Å². The quantitative estimate of drug-likeness (QED) is 0.733. The van der Waals surface area contributed by atoms with Crippen molar-refractivity contribution < 1.29 is 5.11 Å². The summed E-state index contributed by atoms with van der Waals surface area (Å²) in [5.74, 6) is 0.465. The molecule has 1 aromatic rings. The van der Waals surface area contributed by atoms with Gasteiger partial charge in [-0.15, -0.1) is 0 Å². The van der Waals surface area contributed by atoms with Gasteiger partial charge in [0.15, 0.2) is 0 Å². The van der Waals surface area contributed by atoms with Crippen LogP contribution in [0.5, 0.6) is 0 Å². The van der Waals surface area contributed by atoms with Gasteiger partial charge in [0.05, 0.1) is 5.60 Å². The van der Waals surface area contributed by atoms with E-state index in [1.807, 2.05) is 18.2 Å². The second-order valence-electron chi connectivity index (χ2n) is 4.21. The molecule has 0 bridgehead atoms. The lowest BCUT2D eigenvalue weighted by Gasteiger charge is -2.43. The maximum absolute atomic E-state index is 10.1. The number of aliphatic hydroxyl groups is 1. The topological polar surface area (TPSA) is 20.2 Å². The van der Waals surface area contributed by atoms with Crippen LogP contribution in [-0.2, 0) is 6.42 Å². The maximum Gasteiger partial charge on any atom is 0.0713 e. The molecule has 0 heterocycles. The molecule has 0 spiro atoms. The summed E-state index contributed by atoms with van der Waals surface area (Å²) in [5.41, 5.74) is 0.831.